The highest BCUT2D eigenvalue weighted by molar-refractivity contribution is 6.30. The van der Waals surface area contributed by atoms with Gasteiger partial charge in [-0.05, 0) is 49.7 Å². The van der Waals surface area contributed by atoms with Crippen molar-refractivity contribution in [2.24, 2.45) is 0 Å². The summed E-state index contributed by atoms with van der Waals surface area (Å²) in [6.07, 6.45) is 6.25. The van der Waals surface area contributed by atoms with Gasteiger partial charge < -0.3 is 14.7 Å². The molecule has 1 aromatic rings. The maximum atomic E-state index is 12.5. The minimum atomic E-state index is -0.0563. The number of hydrogen-bond acceptors (Lipinski definition) is 3. The quantitative estimate of drug-likeness (QED) is 0.743. The van der Waals surface area contributed by atoms with E-state index in [1.165, 1.54) is 12.8 Å². The molecule has 26 heavy (non-hydrogen) atoms. The van der Waals surface area contributed by atoms with Crippen LogP contribution in [0.2, 0.25) is 5.02 Å². The first-order chi connectivity index (χ1) is 12.6. The number of hydrogen-bond donors (Lipinski definition) is 0. The Morgan fingerprint density at radius 1 is 1.08 bits per heavy atom. The fraction of sp³-hybridized carbons (Fsp3) is 0.500. The molecule has 2 aliphatic heterocycles. The molecule has 5 nitrogen and oxygen atoms in total. The van der Waals surface area contributed by atoms with Crippen LogP contribution in [0.5, 0.6) is 0 Å². The van der Waals surface area contributed by atoms with Crippen molar-refractivity contribution in [3.05, 3.63) is 40.9 Å². The highest BCUT2D eigenvalue weighted by atomic mass is 35.5. The summed E-state index contributed by atoms with van der Waals surface area (Å²) in [5.74, 6) is 0.0949. The van der Waals surface area contributed by atoms with Crippen molar-refractivity contribution in [1.82, 2.24) is 14.7 Å². The smallest absolute Gasteiger partial charge is 0.246 e. The molecule has 0 atom stereocenters. The molecule has 0 bridgehead atoms. The second kappa shape index (κ2) is 9.19. The number of halogens is 1. The first kappa shape index (κ1) is 18.9. The molecule has 140 valence electrons. The van der Waals surface area contributed by atoms with Crippen molar-refractivity contribution >= 4 is 29.5 Å². The summed E-state index contributed by atoms with van der Waals surface area (Å²) >= 11 is 5.96. The molecule has 0 unspecified atom stereocenters. The van der Waals surface area contributed by atoms with Gasteiger partial charge in [0.05, 0.1) is 0 Å². The van der Waals surface area contributed by atoms with Gasteiger partial charge >= 0.3 is 0 Å². The van der Waals surface area contributed by atoms with Crippen molar-refractivity contribution in [1.29, 1.82) is 0 Å². The summed E-state index contributed by atoms with van der Waals surface area (Å²) in [7, 11) is 0. The van der Waals surface area contributed by atoms with Gasteiger partial charge in [-0.1, -0.05) is 23.7 Å². The Bertz CT molecular complexity index is 671. The molecule has 2 amide bonds. The van der Waals surface area contributed by atoms with Gasteiger partial charge in [0.1, 0.15) is 0 Å². The van der Waals surface area contributed by atoms with E-state index in [0.29, 0.717) is 31.1 Å². The van der Waals surface area contributed by atoms with Crippen LogP contribution in [0.3, 0.4) is 0 Å². The van der Waals surface area contributed by atoms with Gasteiger partial charge in [0.2, 0.25) is 11.8 Å². The zero-order valence-corrected chi connectivity index (χ0v) is 15.8. The van der Waals surface area contributed by atoms with Crippen LogP contribution in [0.15, 0.2) is 30.3 Å². The van der Waals surface area contributed by atoms with Gasteiger partial charge in [-0.25, -0.2) is 0 Å². The lowest BCUT2D eigenvalue weighted by Crippen LogP contribution is -2.39. The van der Waals surface area contributed by atoms with Crippen molar-refractivity contribution in [2.45, 2.75) is 19.3 Å². The molecule has 2 aliphatic rings. The van der Waals surface area contributed by atoms with Crippen molar-refractivity contribution in [3.8, 4) is 0 Å². The number of amides is 2. The van der Waals surface area contributed by atoms with E-state index in [9.17, 15) is 9.59 Å². The first-order valence-corrected chi connectivity index (χ1v) is 9.72. The largest absolute Gasteiger partial charge is 0.340 e. The normalized spacial score (nSPS) is 19.3. The maximum absolute atomic E-state index is 12.5. The van der Waals surface area contributed by atoms with Crippen LogP contribution in [0, 0.1) is 0 Å². The molecule has 1 aromatic carbocycles. The van der Waals surface area contributed by atoms with Crippen LogP contribution in [0.1, 0.15) is 24.8 Å². The maximum Gasteiger partial charge on any atom is 0.246 e. The SMILES string of the molecule is O=C(/C=C/c1cccc(Cl)c1)N1CCC(=O)N(CCN2CCCC2)CC1. The zero-order valence-electron chi connectivity index (χ0n) is 15.1. The average molecular weight is 376 g/mol. The lowest BCUT2D eigenvalue weighted by Gasteiger charge is -2.24. The monoisotopic (exact) mass is 375 g/mol. The standard InChI is InChI=1S/C20H26ClN3O2/c21-18-5-3-4-17(16-18)6-7-19(25)23-11-8-20(26)24(15-14-23)13-12-22-9-1-2-10-22/h3-7,16H,1-2,8-15H2/b7-6+. The predicted octanol–water partition coefficient (Wildman–Crippen LogP) is 2.51. The highest BCUT2D eigenvalue weighted by Crippen LogP contribution is 2.13. The van der Waals surface area contributed by atoms with Crippen LogP contribution in [-0.4, -0.2) is 72.3 Å². The molecule has 2 heterocycles. The third kappa shape index (κ3) is 5.32. The van der Waals surface area contributed by atoms with Crippen molar-refractivity contribution in [3.63, 3.8) is 0 Å². The fourth-order valence-electron chi connectivity index (χ4n) is 3.48. The minimum absolute atomic E-state index is 0.0563. The van der Waals surface area contributed by atoms with Gasteiger partial charge in [0.15, 0.2) is 0 Å². The molecule has 0 radical (unpaired) electrons. The number of nitrogens with zero attached hydrogens (tertiary/aromatic N) is 3. The summed E-state index contributed by atoms with van der Waals surface area (Å²) in [5, 5.41) is 0.647. The van der Waals surface area contributed by atoms with E-state index >= 15 is 0 Å². The Kier molecular flexibility index (Phi) is 6.69. The molecule has 3 rings (SSSR count). The van der Waals surface area contributed by atoms with E-state index in [1.807, 2.05) is 23.1 Å². The first-order valence-electron chi connectivity index (χ1n) is 9.34. The van der Waals surface area contributed by atoms with E-state index in [0.717, 1.165) is 31.7 Å². The van der Waals surface area contributed by atoms with Gasteiger partial charge in [-0.3, -0.25) is 9.59 Å². The van der Waals surface area contributed by atoms with E-state index < -0.39 is 0 Å². The van der Waals surface area contributed by atoms with Gasteiger partial charge in [0, 0.05) is 50.2 Å². The Morgan fingerprint density at radius 2 is 1.88 bits per heavy atom. The number of rotatable bonds is 5. The molecule has 0 N–H and O–H groups in total. The van der Waals surface area contributed by atoms with Crippen molar-refractivity contribution < 1.29 is 9.59 Å². The number of likely N-dealkylation sites (tertiary alicyclic amines) is 1. The van der Waals surface area contributed by atoms with E-state index in [1.54, 1.807) is 23.1 Å². The van der Waals surface area contributed by atoms with E-state index in [2.05, 4.69) is 4.90 Å². The number of carbonyl (C=O) groups excluding carboxylic acids is 2. The molecule has 2 fully saturated rings. The van der Waals surface area contributed by atoms with Crippen LogP contribution in [-0.2, 0) is 9.59 Å². The average Bonchev–Trinajstić information content (AvgIpc) is 3.08. The third-order valence-electron chi connectivity index (χ3n) is 5.05. The summed E-state index contributed by atoms with van der Waals surface area (Å²) < 4.78 is 0. The lowest BCUT2D eigenvalue weighted by molar-refractivity contribution is -0.130. The van der Waals surface area contributed by atoms with Crippen LogP contribution in [0.25, 0.3) is 6.08 Å². The second-order valence-corrected chi connectivity index (χ2v) is 7.33. The molecule has 0 spiro atoms. The molecule has 2 saturated heterocycles. The van der Waals surface area contributed by atoms with Crippen LogP contribution >= 0.6 is 11.6 Å². The van der Waals surface area contributed by atoms with Gasteiger partial charge in [-0.15, -0.1) is 0 Å². The second-order valence-electron chi connectivity index (χ2n) is 6.89. The summed E-state index contributed by atoms with van der Waals surface area (Å²) in [6.45, 7) is 5.67. The Morgan fingerprint density at radius 3 is 2.65 bits per heavy atom. The molecule has 0 aromatic heterocycles. The molecular weight excluding hydrogens is 350 g/mol. The molecule has 0 saturated carbocycles. The third-order valence-corrected chi connectivity index (χ3v) is 5.29. The molecule has 0 aliphatic carbocycles. The van der Waals surface area contributed by atoms with Gasteiger partial charge in [-0.2, -0.15) is 0 Å². The topological polar surface area (TPSA) is 43.9 Å². The fourth-order valence-corrected chi connectivity index (χ4v) is 3.67. The van der Waals surface area contributed by atoms with E-state index in [4.69, 9.17) is 11.6 Å². The molecular formula is C20H26ClN3O2. The Hall–Kier alpha value is -1.85. The van der Waals surface area contributed by atoms with Gasteiger partial charge in [0.25, 0.3) is 0 Å². The number of benzene rings is 1. The highest BCUT2D eigenvalue weighted by Gasteiger charge is 2.23. The van der Waals surface area contributed by atoms with Crippen molar-refractivity contribution in [2.75, 3.05) is 45.8 Å². The minimum Gasteiger partial charge on any atom is -0.340 e. The van der Waals surface area contributed by atoms with Crippen LogP contribution in [0.4, 0.5) is 0 Å². The van der Waals surface area contributed by atoms with Crippen LogP contribution < -0.4 is 0 Å². The lowest BCUT2D eigenvalue weighted by atomic mass is 10.2. The summed E-state index contributed by atoms with van der Waals surface area (Å²) in [6, 6.07) is 7.38. The Balaban J connectivity index is 1.51. The predicted molar refractivity (Wildman–Crippen MR) is 104 cm³/mol. The Labute approximate surface area is 160 Å². The number of carbonyl (C=O) groups is 2. The van der Waals surface area contributed by atoms with E-state index in [-0.39, 0.29) is 11.8 Å². The summed E-state index contributed by atoms with van der Waals surface area (Å²) in [5.41, 5.74) is 0.893. The summed E-state index contributed by atoms with van der Waals surface area (Å²) in [4.78, 5) is 30.9. The zero-order chi connectivity index (χ0) is 18.4. The molecule has 6 heteroatoms.